The van der Waals surface area contributed by atoms with Crippen molar-refractivity contribution < 1.29 is 36.2 Å². The first-order valence-electron chi connectivity index (χ1n) is 21.3. The Balaban J connectivity index is 0.991. The molecule has 2 aliphatic rings. The molecule has 0 spiro atoms. The minimum atomic E-state index is -4.04. The fourth-order valence-electron chi connectivity index (χ4n) is 8.74. The van der Waals surface area contributed by atoms with Crippen LogP contribution in [0.15, 0.2) is 88.8 Å². The van der Waals surface area contributed by atoms with E-state index in [1.165, 1.54) is 10.5 Å². The second-order valence-corrected chi connectivity index (χ2v) is 21.8. The van der Waals surface area contributed by atoms with Crippen LogP contribution in [-0.2, 0) is 38.2 Å². The molecule has 2 aromatic heterocycles. The maximum absolute atomic E-state index is 14.5. The van der Waals surface area contributed by atoms with Crippen LogP contribution in [0.5, 0.6) is 11.5 Å². The molecular formula is C46H51ClN8O8S2. The molecule has 3 heterocycles. The number of aliphatic carboxylic acids is 1. The number of hydrogen-bond acceptors (Lipinski definition) is 13. The molecule has 0 radical (unpaired) electrons. The van der Waals surface area contributed by atoms with Gasteiger partial charge in [-0.2, -0.15) is 9.29 Å². The number of carboxylic acid groups (broad SMARTS) is 1. The third-order valence-electron chi connectivity index (χ3n) is 12.2. The summed E-state index contributed by atoms with van der Waals surface area (Å²) in [5.41, 5.74) is 5.56. The Morgan fingerprint density at radius 1 is 1.06 bits per heavy atom. The van der Waals surface area contributed by atoms with E-state index in [1.54, 1.807) is 69.1 Å². The van der Waals surface area contributed by atoms with E-state index in [2.05, 4.69) is 30.9 Å². The van der Waals surface area contributed by atoms with Crippen LogP contribution in [0.25, 0.3) is 11.0 Å². The molecule has 3 N–H and O–H groups in total. The molecule has 0 saturated heterocycles. The van der Waals surface area contributed by atoms with Crippen molar-refractivity contribution in [2.75, 3.05) is 24.3 Å². The number of fused-ring (bicyclic) bond motifs is 2. The predicted octanol–water partition coefficient (Wildman–Crippen LogP) is 7.98. The number of sulfone groups is 1. The van der Waals surface area contributed by atoms with E-state index in [0.29, 0.717) is 45.3 Å². The topological polar surface area (TPSA) is 208 Å². The predicted molar refractivity (Wildman–Crippen MR) is 248 cm³/mol. The zero-order valence-corrected chi connectivity index (χ0v) is 39.2. The number of methoxy groups -OCH3 is 1. The normalized spacial score (nSPS) is 19.0. The zero-order valence-electron chi connectivity index (χ0n) is 36.8. The van der Waals surface area contributed by atoms with Crippen LogP contribution < -0.4 is 20.1 Å². The lowest BCUT2D eigenvalue weighted by Crippen LogP contribution is -2.35. The van der Waals surface area contributed by atoms with Crippen molar-refractivity contribution in [2.24, 2.45) is 7.05 Å². The van der Waals surface area contributed by atoms with Crippen molar-refractivity contribution in [1.29, 1.82) is 0 Å². The Labute approximate surface area is 383 Å². The molecular weight excluding hydrogens is 892 g/mol. The van der Waals surface area contributed by atoms with E-state index in [4.69, 9.17) is 21.1 Å². The largest absolute Gasteiger partial charge is 0.494 e. The summed E-state index contributed by atoms with van der Waals surface area (Å²) in [6.45, 7) is 7.16. The summed E-state index contributed by atoms with van der Waals surface area (Å²) in [5.74, 6) is -0.0721. The Kier molecular flexibility index (Phi) is 12.8. The van der Waals surface area contributed by atoms with Crippen LogP contribution >= 0.6 is 11.6 Å². The average molecular weight is 944 g/mol. The van der Waals surface area contributed by atoms with Gasteiger partial charge in [-0.3, -0.25) is 4.79 Å². The number of ether oxygens (including phenoxy) is 2. The van der Waals surface area contributed by atoms with E-state index >= 15 is 0 Å². The number of nitrogens with zero attached hydrogens (tertiary/aromatic N) is 6. The summed E-state index contributed by atoms with van der Waals surface area (Å²) < 4.78 is 70.2. The van der Waals surface area contributed by atoms with Crippen LogP contribution in [0.2, 0.25) is 5.02 Å². The van der Waals surface area contributed by atoms with Gasteiger partial charge in [-0.15, -0.1) is 5.10 Å². The average Bonchev–Trinajstić information content (AvgIpc) is 3.88. The molecule has 3 unspecified atom stereocenters. The molecule has 1 saturated carbocycles. The van der Waals surface area contributed by atoms with E-state index in [9.17, 15) is 26.7 Å². The number of carbonyl (C=O) groups is 1. The van der Waals surface area contributed by atoms with Gasteiger partial charge in [0, 0.05) is 25.6 Å². The molecule has 0 amide bonds. The summed E-state index contributed by atoms with van der Waals surface area (Å²) in [6.07, 6.45) is 3.11. The number of sulfonamides is 1. The number of aromatic nitrogens is 5. The van der Waals surface area contributed by atoms with Crippen molar-refractivity contribution in [3.8, 4) is 11.5 Å². The Morgan fingerprint density at radius 3 is 2.60 bits per heavy atom. The molecule has 19 heteroatoms. The fraction of sp³-hybridized carbons (Fsp3) is 0.370. The molecule has 1 aliphatic carbocycles. The van der Waals surface area contributed by atoms with Crippen molar-refractivity contribution in [2.45, 2.75) is 98.9 Å². The first kappa shape index (κ1) is 45.7. The van der Waals surface area contributed by atoms with Crippen molar-refractivity contribution in [3.63, 3.8) is 0 Å². The number of hydrogen-bond donors (Lipinski definition) is 3. The number of halogens is 1. The van der Waals surface area contributed by atoms with Gasteiger partial charge in [0.05, 0.1) is 42.1 Å². The highest BCUT2D eigenvalue weighted by atomic mass is 35.5. The minimum absolute atomic E-state index is 0.00783. The first-order valence-corrected chi connectivity index (χ1v) is 24.7. The van der Waals surface area contributed by atoms with E-state index < -0.39 is 43.1 Å². The molecule has 1 aliphatic heterocycles. The Hall–Kier alpha value is -5.82. The van der Waals surface area contributed by atoms with E-state index in [0.717, 1.165) is 36.0 Å². The first-order chi connectivity index (χ1) is 30.9. The van der Waals surface area contributed by atoms with Gasteiger partial charge in [0.1, 0.15) is 38.6 Å². The number of carboxylic acids is 1. The number of rotatable bonds is 14. The summed E-state index contributed by atoms with van der Waals surface area (Å²) in [6, 6.07) is 21.2. The van der Waals surface area contributed by atoms with Gasteiger partial charge in [0.2, 0.25) is 16.0 Å². The maximum atomic E-state index is 14.5. The number of nitrogens with one attached hydrogen (secondary N) is 2. The maximum Gasteiger partial charge on any atom is 0.304 e. The smallest absolute Gasteiger partial charge is 0.304 e. The van der Waals surface area contributed by atoms with Gasteiger partial charge in [-0.25, -0.2) is 26.5 Å². The minimum Gasteiger partial charge on any atom is -0.494 e. The molecule has 16 nitrogen and oxygen atoms in total. The van der Waals surface area contributed by atoms with Gasteiger partial charge >= 0.3 is 5.97 Å². The third kappa shape index (κ3) is 9.34. The molecule has 6 aromatic rings. The van der Waals surface area contributed by atoms with Crippen molar-refractivity contribution in [3.05, 3.63) is 112 Å². The van der Waals surface area contributed by atoms with Crippen LogP contribution in [0, 0.1) is 6.92 Å². The van der Waals surface area contributed by atoms with E-state index in [-0.39, 0.29) is 52.1 Å². The Bertz CT molecular complexity index is 3020. The summed E-state index contributed by atoms with van der Waals surface area (Å²) in [5, 5.41) is 24.5. The number of para-hydroxylation sites is 1. The number of benzene rings is 4. The van der Waals surface area contributed by atoms with Crippen LogP contribution in [-0.4, -0.2) is 88.2 Å². The molecule has 4 aromatic carbocycles. The quantitative estimate of drug-likeness (QED) is 0.0947. The van der Waals surface area contributed by atoms with Crippen LogP contribution in [0.4, 0.5) is 17.5 Å². The van der Waals surface area contributed by atoms with Gasteiger partial charge in [-0.05, 0) is 117 Å². The second kappa shape index (κ2) is 18.2. The highest BCUT2D eigenvalue weighted by Crippen LogP contribution is 2.42. The van der Waals surface area contributed by atoms with Crippen LogP contribution in [0.1, 0.15) is 86.1 Å². The SMILES string of the molecule is COc1cc(C(CC(=O)O)c2ccc(C)c(CN3C[C@@H](C)Oc4cc(C5CCC(Nc6ncc(Cl)c(Nc7ccccc7S(=O)(=O)C(C)C)n6)C5)ccc4S3(=O)=O)c2)cc2nnn(C)c12. The molecule has 1 fully saturated rings. The van der Waals surface area contributed by atoms with Gasteiger partial charge < -0.3 is 25.2 Å². The van der Waals surface area contributed by atoms with Gasteiger partial charge in [-0.1, -0.05) is 53.2 Å². The van der Waals surface area contributed by atoms with Crippen molar-refractivity contribution in [1.82, 2.24) is 29.3 Å². The zero-order chi connectivity index (χ0) is 46.4. The third-order valence-corrected chi connectivity index (χ3v) is 16.6. The van der Waals surface area contributed by atoms with Gasteiger partial charge in [0.25, 0.3) is 0 Å². The Morgan fingerprint density at radius 2 is 1.85 bits per heavy atom. The summed E-state index contributed by atoms with van der Waals surface area (Å²) >= 11 is 6.48. The molecule has 65 heavy (non-hydrogen) atoms. The van der Waals surface area contributed by atoms with Crippen molar-refractivity contribution >= 4 is 65.9 Å². The standard InChI is InChI=1S/C46H51ClN8O8S2/c1-26(2)64(58,59)41-10-8-7-9-37(41)50-45-36(47)23-48-46(51-45)49-34-15-13-29(18-34)30-14-16-42-39(20-30)63-28(4)24-55(65(42,60)61)25-33-17-31(12-11-27(33)3)35(22-43(56)57)32-19-38-44(40(21-32)62-6)54(5)53-52-38/h7-12,14,16-17,19-21,23,26,28-29,34-35H,13,15,18,22,24-25H2,1-6H3,(H,56,57)(H2,48,49,50,51)/t28-,29?,34?,35?/m1/s1. The highest BCUT2D eigenvalue weighted by Gasteiger charge is 2.36. The lowest BCUT2D eigenvalue weighted by Gasteiger charge is -2.24. The second-order valence-electron chi connectivity index (χ2n) is 17.0. The summed E-state index contributed by atoms with van der Waals surface area (Å²) in [7, 11) is -4.33. The summed E-state index contributed by atoms with van der Waals surface area (Å²) in [4.78, 5) is 21.5. The molecule has 0 bridgehead atoms. The lowest BCUT2D eigenvalue weighted by atomic mass is 9.86. The lowest BCUT2D eigenvalue weighted by molar-refractivity contribution is -0.137. The highest BCUT2D eigenvalue weighted by molar-refractivity contribution is 7.92. The molecule has 4 atom stereocenters. The molecule has 8 rings (SSSR count). The molecule has 342 valence electrons. The number of anilines is 3. The number of aryl methyl sites for hydroxylation is 2. The fourth-order valence-corrected chi connectivity index (χ4v) is 11.7. The van der Waals surface area contributed by atoms with Crippen LogP contribution in [0.3, 0.4) is 0 Å². The monoisotopic (exact) mass is 942 g/mol. The van der Waals surface area contributed by atoms with Gasteiger partial charge in [0.15, 0.2) is 15.7 Å². The van der Waals surface area contributed by atoms with E-state index in [1.807, 2.05) is 50.2 Å².